The molecule has 0 radical (unpaired) electrons. The van der Waals surface area contributed by atoms with Gasteiger partial charge in [-0.1, -0.05) is 13.8 Å². The van der Waals surface area contributed by atoms with Crippen molar-refractivity contribution in [1.82, 2.24) is 0 Å². The van der Waals surface area contributed by atoms with Crippen molar-refractivity contribution in [2.75, 3.05) is 6.61 Å². The van der Waals surface area contributed by atoms with E-state index >= 15 is 0 Å². The van der Waals surface area contributed by atoms with E-state index in [9.17, 15) is 15.0 Å². The smallest absolute Gasteiger partial charge is 0.162 e. The van der Waals surface area contributed by atoms with Crippen molar-refractivity contribution >= 4 is 5.78 Å². The van der Waals surface area contributed by atoms with Gasteiger partial charge in [0.1, 0.15) is 0 Å². The molecule has 1 fully saturated rings. The van der Waals surface area contributed by atoms with Crippen LogP contribution in [0.15, 0.2) is 11.1 Å². The van der Waals surface area contributed by atoms with Gasteiger partial charge in [0.05, 0.1) is 5.60 Å². The molecule has 3 nitrogen and oxygen atoms in total. The van der Waals surface area contributed by atoms with Crippen LogP contribution in [0.3, 0.4) is 0 Å². The van der Waals surface area contributed by atoms with Gasteiger partial charge in [-0.15, -0.1) is 0 Å². The summed E-state index contributed by atoms with van der Waals surface area (Å²) in [6, 6.07) is 0. The highest BCUT2D eigenvalue weighted by molar-refractivity contribution is 6.01. The lowest BCUT2D eigenvalue weighted by molar-refractivity contribution is -0.127. The molecule has 3 heteroatoms. The van der Waals surface area contributed by atoms with Crippen LogP contribution >= 0.6 is 0 Å². The van der Waals surface area contributed by atoms with Crippen molar-refractivity contribution < 1.29 is 15.0 Å². The third-order valence-electron chi connectivity index (χ3n) is 5.82. The zero-order valence-electron chi connectivity index (χ0n) is 11.4. The van der Waals surface area contributed by atoms with E-state index in [4.69, 9.17) is 0 Å². The second kappa shape index (κ2) is 3.26. The van der Waals surface area contributed by atoms with Gasteiger partial charge in [-0.05, 0) is 49.2 Å². The standard InChI is InChI=1S/C15H22O3/c1-9-12(17)10-6-13(2,8-16)7-11(10)14(3,18)15(9)4-5-15/h9,16,18H,4-8H2,1-3H3/t9-,13-,14-/m1/s1. The molecule has 0 amide bonds. The number of carbonyl (C=O) groups is 1. The summed E-state index contributed by atoms with van der Waals surface area (Å²) in [6.45, 7) is 5.91. The van der Waals surface area contributed by atoms with Crippen molar-refractivity contribution in [3.05, 3.63) is 11.1 Å². The Hall–Kier alpha value is -0.670. The van der Waals surface area contributed by atoms with Gasteiger partial charge in [0.25, 0.3) is 0 Å². The first kappa shape index (κ1) is 12.4. The minimum Gasteiger partial charge on any atom is -0.396 e. The number of hydrogen-bond donors (Lipinski definition) is 2. The number of Topliss-reactive ketones (excluding diaryl/α,β-unsaturated/α-hetero) is 1. The predicted octanol–water partition coefficient (Wildman–Crippen LogP) is 1.83. The van der Waals surface area contributed by atoms with Crippen LogP contribution in [0, 0.1) is 16.7 Å². The summed E-state index contributed by atoms with van der Waals surface area (Å²) in [4.78, 5) is 12.5. The second-order valence-corrected chi connectivity index (χ2v) is 7.09. The molecular formula is C15H22O3. The van der Waals surface area contributed by atoms with Crippen LogP contribution in [-0.4, -0.2) is 28.2 Å². The Morgan fingerprint density at radius 1 is 1.28 bits per heavy atom. The molecule has 3 aliphatic rings. The molecule has 0 heterocycles. The molecule has 0 aliphatic heterocycles. The monoisotopic (exact) mass is 250 g/mol. The second-order valence-electron chi connectivity index (χ2n) is 7.09. The van der Waals surface area contributed by atoms with E-state index in [0.29, 0.717) is 12.8 Å². The molecule has 0 unspecified atom stereocenters. The van der Waals surface area contributed by atoms with E-state index in [-0.39, 0.29) is 29.1 Å². The zero-order valence-corrected chi connectivity index (χ0v) is 11.4. The zero-order chi connectivity index (χ0) is 13.3. The highest BCUT2D eigenvalue weighted by atomic mass is 16.3. The van der Waals surface area contributed by atoms with Gasteiger partial charge in [0, 0.05) is 17.9 Å². The Bertz CT molecular complexity index is 456. The van der Waals surface area contributed by atoms with E-state index in [2.05, 4.69) is 0 Å². The van der Waals surface area contributed by atoms with Crippen molar-refractivity contribution in [3.63, 3.8) is 0 Å². The minimum atomic E-state index is -0.859. The first-order valence-electron chi connectivity index (χ1n) is 6.87. The van der Waals surface area contributed by atoms with E-state index in [1.807, 2.05) is 20.8 Å². The fourth-order valence-corrected chi connectivity index (χ4v) is 4.23. The molecule has 0 aromatic rings. The van der Waals surface area contributed by atoms with Gasteiger partial charge in [-0.2, -0.15) is 0 Å². The maximum Gasteiger partial charge on any atom is 0.162 e. The third-order valence-corrected chi connectivity index (χ3v) is 5.82. The van der Waals surface area contributed by atoms with Crippen LogP contribution in [0.2, 0.25) is 0 Å². The van der Waals surface area contributed by atoms with Gasteiger partial charge < -0.3 is 10.2 Å². The lowest BCUT2D eigenvalue weighted by atomic mass is 9.64. The molecule has 1 spiro atoms. The van der Waals surface area contributed by atoms with Gasteiger partial charge in [0.15, 0.2) is 5.78 Å². The van der Waals surface area contributed by atoms with Gasteiger partial charge >= 0.3 is 0 Å². The summed E-state index contributed by atoms with van der Waals surface area (Å²) in [7, 11) is 0. The summed E-state index contributed by atoms with van der Waals surface area (Å²) in [5.41, 5.74) is 0.387. The van der Waals surface area contributed by atoms with E-state index < -0.39 is 5.60 Å². The van der Waals surface area contributed by atoms with Crippen molar-refractivity contribution in [2.45, 2.75) is 52.1 Å². The first-order chi connectivity index (χ1) is 8.27. The van der Waals surface area contributed by atoms with Gasteiger partial charge in [0.2, 0.25) is 0 Å². The summed E-state index contributed by atoms with van der Waals surface area (Å²) >= 11 is 0. The Morgan fingerprint density at radius 2 is 1.89 bits per heavy atom. The number of hydrogen-bond acceptors (Lipinski definition) is 3. The lowest BCUT2D eigenvalue weighted by Crippen LogP contribution is -2.48. The topological polar surface area (TPSA) is 57.5 Å². The van der Waals surface area contributed by atoms with Crippen molar-refractivity contribution in [1.29, 1.82) is 0 Å². The van der Waals surface area contributed by atoms with Crippen LogP contribution in [-0.2, 0) is 4.79 Å². The van der Waals surface area contributed by atoms with E-state index in [0.717, 1.165) is 24.0 Å². The highest BCUT2D eigenvalue weighted by Crippen LogP contribution is 2.67. The normalized spacial score (nSPS) is 45.6. The van der Waals surface area contributed by atoms with Crippen molar-refractivity contribution in [2.24, 2.45) is 16.7 Å². The first-order valence-corrected chi connectivity index (χ1v) is 6.87. The Morgan fingerprint density at radius 3 is 2.39 bits per heavy atom. The maximum atomic E-state index is 12.5. The van der Waals surface area contributed by atoms with Crippen molar-refractivity contribution in [3.8, 4) is 0 Å². The predicted molar refractivity (Wildman–Crippen MR) is 67.9 cm³/mol. The molecule has 0 saturated heterocycles. The average Bonchev–Trinajstić information content (AvgIpc) is 3.05. The minimum absolute atomic E-state index is 0.0741. The molecule has 3 aliphatic carbocycles. The fraction of sp³-hybridized carbons (Fsp3) is 0.800. The fourth-order valence-electron chi connectivity index (χ4n) is 4.23. The molecule has 0 aromatic heterocycles. The number of carbonyl (C=O) groups excluding carboxylic acids is 1. The van der Waals surface area contributed by atoms with Gasteiger partial charge in [-0.3, -0.25) is 4.79 Å². The molecule has 18 heavy (non-hydrogen) atoms. The average molecular weight is 250 g/mol. The maximum absolute atomic E-state index is 12.5. The Balaban J connectivity index is 2.09. The Kier molecular flexibility index (Phi) is 2.24. The Labute approximate surface area is 108 Å². The number of ketones is 1. The largest absolute Gasteiger partial charge is 0.396 e. The summed E-state index contributed by atoms with van der Waals surface area (Å²) < 4.78 is 0. The molecule has 100 valence electrons. The molecule has 3 atom stereocenters. The number of allylic oxidation sites excluding steroid dienone is 1. The number of aliphatic hydroxyl groups excluding tert-OH is 1. The van der Waals surface area contributed by atoms with Crippen LogP contribution in [0.25, 0.3) is 0 Å². The van der Waals surface area contributed by atoms with Crippen LogP contribution in [0.1, 0.15) is 46.5 Å². The van der Waals surface area contributed by atoms with Gasteiger partial charge in [-0.25, -0.2) is 0 Å². The quantitative estimate of drug-likeness (QED) is 0.746. The van der Waals surface area contributed by atoms with Crippen LogP contribution < -0.4 is 0 Å². The molecule has 0 aromatic carbocycles. The molecule has 2 N–H and O–H groups in total. The third kappa shape index (κ3) is 1.24. The van der Waals surface area contributed by atoms with E-state index in [1.165, 1.54) is 0 Å². The van der Waals surface area contributed by atoms with Crippen LogP contribution in [0.5, 0.6) is 0 Å². The SMILES string of the molecule is C[C@@H]1C(=O)C2=C(C[C@](C)(CO)C2)[C@@](C)(O)C12CC2. The molecular weight excluding hydrogens is 228 g/mol. The summed E-state index contributed by atoms with van der Waals surface area (Å²) in [6.07, 6.45) is 3.17. The molecule has 0 bridgehead atoms. The van der Waals surface area contributed by atoms with E-state index in [1.54, 1.807) is 0 Å². The summed E-state index contributed by atoms with van der Waals surface area (Å²) in [5.74, 6) is 0.137. The highest BCUT2D eigenvalue weighted by Gasteiger charge is 2.67. The molecule has 3 rings (SSSR count). The lowest BCUT2D eigenvalue weighted by Gasteiger charge is -2.43. The van der Waals surface area contributed by atoms with Crippen LogP contribution in [0.4, 0.5) is 0 Å². The summed E-state index contributed by atoms with van der Waals surface area (Å²) in [5, 5.41) is 20.5. The molecule has 1 saturated carbocycles. The number of rotatable bonds is 1. The number of aliphatic hydroxyl groups is 2.